The molecule has 1 aromatic carbocycles. The van der Waals surface area contributed by atoms with Gasteiger partial charge < -0.3 is 19.9 Å². The minimum atomic E-state index is -2.95. The van der Waals surface area contributed by atoms with Gasteiger partial charge in [-0.2, -0.15) is 0 Å². The molecule has 2 aromatic rings. The minimum Gasteiger partial charge on any atom is -0.447 e. The number of carbonyl (C=O) groups excluding carboxylic acids is 1. The maximum Gasteiger partial charge on any atom is 0.407 e. The SMILES string of the molecule is [2H]c1c(CCN(C([2H])([2H])[2H])C([2H])([2H])[2H])c2cc(C([2H])([2H])[C@@H]3N([2H])C(=O)OC3([2H])[2H])ccc2n1[2H]. The Morgan fingerprint density at radius 2 is 2.57 bits per heavy atom. The zero-order valence-electron chi connectivity index (χ0n) is 23.9. The number of nitrogens with zero attached hydrogens (tertiary/aromatic N) is 1. The van der Waals surface area contributed by atoms with Crippen LogP contribution in [0.25, 0.3) is 10.9 Å². The monoisotopic (exact) mass is 300 g/mol. The average Bonchev–Trinajstić information content (AvgIpc) is 3.02. The summed E-state index contributed by atoms with van der Waals surface area (Å²) >= 11 is 0. The Balaban J connectivity index is 2.06. The van der Waals surface area contributed by atoms with Gasteiger partial charge in [0.05, 0.1) is 10.2 Å². The van der Waals surface area contributed by atoms with Crippen molar-refractivity contribution >= 4 is 17.0 Å². The van der Waals surface area contributed by atoms with Gasteiger partial charge in [-0.3, -0.25) is 0 Å². The number of likely N-dealkylation sites (N-methyl/N-ethyl adjacent to an activating group) is 1. The fourth-order valence-corrected chi connectivity index (χ4v) is 2.05. The number of hydrogen-bond donors (Lipinski definition) is 2. The number of nitrogens with one attached hydrogen (secondary N) is 2. The topological polar surface area (TPSA) is 57.4 Å². The molecule has 1 atom stereocenters. The normalized spacial score (nSPS) is 32.0. The van der Waals surface area contributed by atoms with E-state index < -0.39 is 45.6 Å². The first-order chi connectivity index (χ1) is 15.3. The molecule has 5 nitrogen and oxygen atoms in total. The van der Waals surface area contributed by atoms with Crippen molar-refractivity contribution in [2.45, 2.75) is 18.8 Å². The number of fused-ring (bicyclic) bond motifs is 1. The second-order valence-corrected chi connectivity index (χ2v) is 4.50. The molecule has 0 aliphatic carbocycles. The zero-order valence-corrected chi connectivity index (χ0v) is 10.9. The van der Waals surface area contributed by atoms with Crippen molar-refractivity contribution in [3.05, 3.63) is 35.5 Å². The summed E-state index contributed by atoms with van der Waals surface area (Å²) in [6.07, 6.45) is -4.62. The van der Waals surface area contributed by atoms with Crippen LogP contribution in [0.2, 0.25) is 2.82 Å². The van der Waals surface area contributed by atoms with E-state index in [1.807, 2.05) is 0 Å². The van der Waals surface area contributed by atoms with Crippen LogP contribution in [0, 0.1) is 0 Å². The lowest BCUT2D eigenvalue weighted by atomic mass is 10.0. The van der Waals surface area contributed by atoms with Gasteiger partial charge in [-0.05, 0) is 50.0 Å². The zero-order chi connectivity index (χ0) is 26.0. The van der Waals surface area contributed by atoms with Gasteiger partial charge in [0.25, 0.3) is 0 Å². The lowest BCUT2D eigenvalue weighted by Gasteiger charge is -2.09. The van der Waals surface area contributed by atoms with Crippen molar-refractivity contribution in [2.75, 3.05) is 27.1 Å². The molecule has 1 fully saturated rings. The summed E-state index contributed by atoms with van der Waals surface area (Å²) in [4.78, 5) is 12.7. The highest BCUT2D eigenvalue weighted by Gasteiger charge is 2.22. The van der Waals surface area contributed by atoms with E-state index in [2.05, 4.69) is 4.74 Å². The first kappa shape index (κ1) is 5.32. The Labute approximate surface area is 142 Å². The van der Waals surface area contributed by atoms with E-state index in [0.29, 0.717) is 4.90 Å². The molecule has 1 aromatic heterocycles. The fraction of sp³-hybridized carbons (Fsp3) is 0.438. The van der Waals surface area contributed by atoms with Crippen molar-refractivity contribution in [1.82, 2.24) is 15.2 Å². The number of benzene rings is 1. The molecule has 1 aliphatic heterocycles. The summed E-state index contributed by atoms with van der Waals surface area (Å²) in [7, 11) is 0. The van der Waals surface area contributed by atoms with Crippen LogP contribution in [-0.2, 0) is 17.5 Å². The molecule has 1 amide bonds. The Hall–Kier alpha value is -2.01. The molecule has 3 rings (SSSR count). The van der Waals surface area contributed by atoms with E-state index in [-0.39, 0.29) is 39.9 Å². The smallest absolute Gasteiger partial charge is 0.407 e. The Morgan fingerprint density at radius 1 is 1.67 bits per heavy atom. The van der Waals surface area contributed by atoms with Crippen molar-refractivity contribution in [1.29, 1.82) is 0 Å². The molecule has 1 aliphatic rings. The van der Waals surface area contributed by atoms with Crippen molar-refractivity contribution in [3.8, 4) is 0 Å². The molecule has 0 bridgehead atoms. The molecule has 2 heterocycles. The van der Waals surface area contributed by atoms with Crippen LogP contribution in [0.5, 0.6) is 0 Å². The third kappa shape index (κ3) is 3.19. The largest absolute Gasteiger partial charge is 0.447 e. The van der Waals surface area contributed by atoms with Crippen molar-refractivity contribution in [2.24, 2.45) is 0 Å². The number of aromatic nitrogens is 1. The number of alkyl carbamates (subject to hydrolysis) is 1. The highest BCUT2D eigenvalue weighted by atomic mass is 16.6. The lowest BCUT2D eigenvalue weighted by molar-refractivity contribution is 0.177. The quantitative estimate of drug-likeness (QED) is 0.887. The van der Waals surface area contributed by atoms with Crippen LogP contribution in [0.1, 0.15) is 26.2 Å². The average molecular weight is 300 g/mol. The lowest BCUT2D eigenvalue weighted by Crippen LogP contribution is -2.28. The van der Waals surface area contributed by atoms with E-state index in [1.54, 1.807) is 0 Å². The molecule has 2 N–H and O–H groups in total. The van der Waals surface area contributed by atoms with E-state index in [9.17, 15) is 4.79 Å². The molecule has 21 heavy (non-hydrogen) atoms. The highest BCUT2D eigenvalue weighted by Crippen LogP contribution is 2.21. The molecule has 0 spiro atoms. The molecule has 1 saturated heterocycles. The van der Waals surface area contributed by atoms with Gasteiger partial charge in [0, 0.05) is 34.6 Å². The second-order valence-electron chi connectivity index (χ2n) is 4.50. The van der Waals surface area contributed by atoms with Crippen LogP contribution in [0.15, 0.2) is 24.4 Å². The van der Waals surface area contributed by atoms with Crippen molar-refractivity contribution < 1.29 is 27.4 Å². The van der Waals surface area contributed by atoms with Gasteiger partial charge >= 0.3 is 6.09 Å². The minimum absolute atomic E-state index is 0.0707. The number of H-pyrrole nitrogens is 1. The molecule has 0 saturated carbocycles. The van der Waals surface area contributed by atoms with Crippen LogP contribution >= 0.6 is 0 Å². The van der Waals surface area contributed by atoms with Crippen LogP contribution in [0.4, 0.5) is 4.79 Å². The summed E-state index contributed by atoms with van der Waals surface area (Å²) < 4.78 is 106. The van der Waals surface area contributed by atoms with Gasteiger partial charge in [-0.15, -0.1) is 0 Å². The van der Waals surface area contributed by atoms with Gasteiger partial charge in [-0.1, -0.05) is 6.07 Å². The molecular weight excluding hydrogens is 266 g/mol. The third-order valence-electron chi connectivity index (χ3n) is 3.01. The van der Waals surface area contributed by atoms with Gasteiger partial charge in [0.15, 0.2) is 2.82 Å². The Bertz CT molecular complexity index is 1090. The number of rotatable bonds is 5. The Kier molecular flexibility index (Phi) is 1.46. The van der Waals surface area contributed by atoms with E-state index in [4.69, 9.17) is 17.9 Å². The predicted molar refractivity (Wildman–Crippen MR) is 82.5 cm³/mol. The molecule has 5 heteroatoms. The fourth-order valence-electron chi connectivity index (χ4n) is 2.05. The van der Waals surface area contributed by atoms with E-state index in [0.717, 1.165) is 4.98 Å². The number of carbonyl (C=O) groups is 1. The third-order valence-corrected chi connectivity index (χ3v) is 3.01. The number of ether oxygens (including phenoxy) is 1. The summed E-state index contributed by atoms with van der Waals surface area (Å²) in [5.41, 5.74) is 0.0590. The predicted octanol–water partition coefficient (Wildman–Crippen LogP) is 1.92. The van der Waals surface area contributed by atoms with Gasteiger partial charge in [0.2, 0.25) is 0 Å². The molecule has 0 radical (unpaired) electrons. The number of hydrogen-bond acceptors (Lipinski definition) is 3. The Morgan fingerprint density at radius 3 is 3.33 bits per heavy atom. The molecule has 0 unspecified atom stereocenters. The first-order valence-electron chi connectivity index (χ1n) is 12.6. The summed E-state index contributed by atoms with van der Waals surface area (Å²) in [5, 5.41) is 0.223. The molecule has 112 valence electrons. The van der Waals surface area contributed by atoms with Crippen molar-refractivity contribution in [3.63, 3.8) is 0 Å². The summed E-state index contributed by atoms with van der Waals surface area (Å²) in [6.45, 7) is -9.23. The van der Waals surface area contributed by atoms with E-state index in [1.165, 1.54) is 18.2 Å². The second kappa shape index (κ2) is 5.77. The van der Waals surface area contributed by atoms with Crippen LogP contribution < -0.4 is 5.31 Å². The highest BCUT2D eigenvalue weighted by molar-refractivity contribution is 5.84. The first-order valence-corrected chi connectivity index (χ1v) is 6.22. The maximum atomic E-state index is 11.7. The summed E-state index contributed by atoms with van der Waals surface area (Å²) in [5.74, 6) is 0. The molecular formula is C16H21N3O2. The number of cyclic esters (lactones) is 1. The van der Waals surface area contributed by atoms with Crippen LogP contribution in [0.3, 0.4) is 0 Å². The van der Waals surface area contributed by atoms with Gasteiger partial charge in [0.1, 0.15) is 6.56 Å². The number of amides is 1. The standard InChI is InChI=1S/C16H21N3O2/c1-19(2)6-5-12-9-17-15-4-3-11(8-14(12)15)7-13-10-21-16(20)18-13/h3-4,8-9,13,17H,5-7,10H2,1-2H3,(H,18,20)/t13-/m0/s1/i1D3,2D3,7D2,9D,10D2/hD2. The maximum absolute atomic E-state index is 11.7. The van der Waals surface area contributed by atoms with Gasteiger partial charge in [-0.25, -0.2) is 4.79 Å². The van der Waals surface area contributed by atoms with E-state index >= 15 is 0 Å². The van der Waals surface area contributed by atoms with Crippen LogP contribution in [-0.4, -0.2) is 49.1 Å². The number of aromatic amines is 1. The summed E-state index contributed by atoms with van der Waals surface area (Å²) in [6, 6.07) is 1.77.